The molecule has 0 N–H and O–H groups in total. The number of methoxy groups -OCH3 is 2. The molecule has 0 radical (unpaired) electrons. The highest BCUT2D eigenvalue weighted by molar-refractivity contribution is 9.10. The van der Waals surface area contributed by atoms with Crippen LogP contribution in [0.5, 0.6) is 11.5 Å². The first kappa shape index (κ1) is 18.5. The van der Waals surface area contributed by atoms with Crippen molar-refractivity contribution in [1.82, 2.24) is 4.90 Å². The Hall–Kier alpha value is -1.24. The van der Waals surface area contributed by atoms with Crippen molar-refractivity contribution in [1.29, 1.82) is 0 Å². The maximum Gasteiger partial charge on any atom is 0.135 e. The van der Waals surface area contributed by atoms with Gasteiger partial charge in [0.2, 0.25) is 0 Å². The van der Waals surface area contributed by atoms with Crippen LogP contribution in [0.3, 0.4) is 0 Å². The van der Waals surface area contributed by atoms with Gasteiger partial charge in [-0.3, -0.25) is 4.90 Å². The number of hydrogen-bond acceptors (Lipinski definition) is 4. The Balaban J connectivity index is 1.59. The minimum atomic E-state index is 0.873. The van der Waals surface area contributed by atoms with Crippen molar-refractivity contribution in [2.75, 3.05) is 45.3 Å². The van der Waals surface area contributed by atoms with Gasteiger partial charge in [-0.25, -0.2) is 0 Å². The van der Waals surface area contributed by atoms with E-state index in [0.717, 1.165) is 53.2 Å². The SMILES string of the molecule is COc1ccc(CN2CCN(c3ccc(Br)c(OC)c3)CC2)cc1Br. The first-order chi connectivity index (χ1) is 12.1. The molecule has 0 atom stereocenters. The van der Waals surface area contributed by atoms with Crippen LogP contribution in [0, 0.1) is 0 Å². The molecule has 2 aromatic rings. The molecule has 0 bridgehead atoms. The molecule has 3 rings (SSSR count). The topological polar surface area (TPSA) is 24.9 Å². The molecule has 134 valence electrons. The lowest BCUT2D eigenvalue weighted by atomic mass is 10.2. The van der Waals surface area contributed by atoms with Crippen molar-refractivity contribution in [3.8, 4) is 11.5 Å². The molecule has 1 aliphatic heterocycles. The van der Waals surface area contributed by atoms with Gasteiger partial charge >= 0.3 is 0 Å². The van der Waals surface area contributed by atoms with Crippen molar-refractivity contribution in [2.45, 2.75) is 6.54 Å². The fourth-order valence-corrected chi connectivity index (χ4v) is 4.07. The van der Waals surface area contributed by atoms with Gasteiger partial charge in [-0.05, 0) is 61.7 Å². The Labute approximate surface area is 166 Å². The van der Waals surface area contributed by atoms with Crippen LogP contribution in [0.1, 0.15) is 5.56 Å². The minimum absolute atomic E-state index is 0.873. The van der Waals surface area contributed by atoms with Gasteiger partial charge in [0.15, 0.2) is 0 Å². The van der Waals surface area contributed by atoms with E-state index in [-0.39, 0.29) is 0 Å². The largest absolute Gasteiger partial charge is 0.496 e. The summed E-state index contributed by atoms with van der Waals surface area (Å²) >= 11 is 7.08. The van der Waals surface area contributed by atoms with Crippen LogP contribution in [0.4, 0.5) is 5.69 Å². The van der Waals surface area contributed by atoms with Crippen molar-refractivity contribution < 1.29 is 9.47 Å². The van der Waals surface area contributed by atoms with Crippen LogP contribution in [0.2, 0.25) is 0 Å². The lowest BCUT2D eigenvalue weighted by molar-refractivity contribution is 0.249. The summed E-state index contributed by atoms with van der Waals surface area (Å²) in [6.45, 7) is 5.08. The maximum absolute atomic E-state index is 5.41. The van der Waals surface area contributed by atoms with E-state index in [9.17, 15) is 0 Å². The molecule has 2 aromatic carbocycles. The summed E-state index contributed by atoms with van der Waals surface area (Å²) in [6.07, 6.45) is 0. The highest BCUT2D eigenvalue weighted by atomic mass is 79.9. The molecular weight excluding hydrogens is 448 g/mol. The van der Waals surface area contributed by atoms with Crippen LogP contribution in [-0.4, -0.2) is 45.3 Å². The number of rotatable bonds is 5. The molecule has 0 spiro atoms. The summed E-state index contributed by atoms with van der Waals surface area (Å²) in [4.78, 5) is 4.90. The van der Waals surface area contributed by atoms with Gasteiger partial charge in [-0.1, -0.05) is 6.07 Å². The van der Waals surface area contributed by atoms with Crippen molar-refractivity contribution in [2.24, 2.45) is 0 Å². The van der Waals surface area contributed by atoms with E-state index in [2.05, 4.69) is 72.0 Å². The number of ether oxygens (including phenoxy) is 2. The molecule has 6 heteroatoms. The van der Waals surface area contributed by atoms with Gasteiger partial charge in [0.1, 0.15) is 11.5 Å². The maximum atomic E-state index is 5.41. The summed E-state index contributed by atoms with van der Waals surface area (Å²) < 4.78 is 12.7. The van der Waals surface area contributed by atoms with E-state index < -0.39 is 0 Å². The Kier molecular flexibility index (Phi) is 6.25. The molecule has 0 saturated carbocycles. The molecule has 1 fully saturated rings. The molecule has 0 unspecified atom stereocenters. The third-order valence-corrected chi connectivity index (χ3v) is 5.77. The number of nitrogens with zero attached hydrogens (tertiary/aromatic N) is 2. The number of hydrogen-bond donors (Lipinski definition) is 0. The first-order valence-corrected chi connectivity index (χ1v) is 9.82. The average Bonchev–Trinajstić information content (AvgIpc) is 2.63. The zero-order valence-electron chi connectivity index (χ0n) is 14.5. The highest BCUT2D eigenvalue weighted by Crippen LogP contribution is 2.30. The van der Waals surface area contributed by atoms with E-state index in [1.165, 1.54) is 11.3 Å². The Morgan fingerprint density at radius 3 is 2.20 bits per heavy atom. The van der Waals surface area contributed by atoms with E-state index >= 15 is 0 Å². The third kappa shape index (κ3) is 4.49. The second-order valence-electron chi connectivity index (χ2n) is 6.05. The van der Waals surface area contributed by atoms with Crippen molar-refractivity contribution in [3.05, 3.63) is 50.9 Å². The first-order valence-electron chi connectivity index (χ1n) is 8.24. The van der Waals surface area contributed by atoms with E-state index in [1.54, 1.807) is 14.2 Å². The van der Waals surface area contributed by atoms with Crippen molar-refractivity contribution in [3.63, 3.8) is 0 Å². The lowest BCUT2D eigenvalue weighted by Crippen LogP contribution is -2.45. The second kappa shape index (κ2) is 8.43. The molecule has 0 aliphatic carbocycles. The monoisotopic (exact) mass is 468 g/mol. The summed E-state index contributed by atoms with van der Waals surface area (Å²) in [5.74, 6) is 1.75. The Bertz CT molecular complexity index is 731. The standard InChI is InChI=1S/C19H22Br2N2O2/c1-24-18-6-3-14(11-17(18)21)13-22-7-9-23(10-8-22)15-4-5-16(20)19(12-15)25-2/h3-6,11-12H,7-10,13H2,1-2H3. The molecule has 0 amide bonds. The minimum Gasteiger partial charge on any atom is -0.496 e. The van der Waals surface area contributed by atoms with Crippen LogP contribution >= 0.6 is 31.9 Å². The summed E-state index contributed by atoms with van der Waals surface area (Å²) in [6, 6.07) is 12.6. The van der Waals surface area contributed by atoms with Crippen LogP contribution in [0.25, 0.3) is 0 Å². The average molecular weight is 470 g/mol. The van der Waals surface area contributed by atoms with Crippen LogP contribution in [0.15, 0.2) is 45.3 Å². The molecule has 0 aromatic heterocycles. The summed E-state index contributed by atoms with van der Waals surface area (Å²) in [5.41, 5.74) is 2.51. The predicted molar refractivity (Wildman–Crippen MR) is 109 cm³/mol. The van der Waals surface area contributed by atoms with Gasteiger partial charge in [0.05, 0.1) is 23.2 Å². The summed E-state index contributed by atoms with van der Waals surface area (Å²) in [5, 5.41) is 0. The van der Waals surface area contributed by atoms with Crippen LogP contribution < -0.4 is 14.4 Å². The number of anilines is 1. The molecule has 1 aliphatic rings. The molecular formula is C19H22Br2N2O2. The molecule has 1 saturated heterocycles. The van der Waals surface area contributed by atoms with Crippen LogP contribution in [-0.2, 0) is 6.54 Å². The fourth-order valence-electron chi connectivity index (χ4n) is 3.08. The lowest BCUT2D eigenvalue weighted by Gasteiger charge is -2.36. The zero-order valence-corrected chi connectivity index (χ0v) is 17.6. The highest BCUT2D eigenvalue weighted by Gasteiger charge is 2.18. The zero-order chi connectivity index (χ0) is 17.8. The molecule has 4 nitrogen and oxygen atoms in total. The fraction of sp³-hybridized carbons (Fsp3) is 0.368. The molecule has 25 heavy (non-hydrogen) atoms. The van der Waals surface area contributed by atoms with Gasteiger partial charge in [-0.2, -0.15) is 0 Å². The van der Waals surface area contributed by atoms with E-state index in [0.29, 0.717) is 0 Å². The number of piperazine rings is 1. The van der Waals surface area contributed by atoms with Gasteiger partial charge in [0.25, 0.3) is 0 Å². The van der Waals surface area contributed by atoms with E-state index in [1.807, 2.05) is 6.07 Å². The number of halogens is 2. The van der Waals surface area contributed by atoms with Gasteiger partial charge in [0, 0.05) is 44.5 Å². The van der Waals surface area contributed by atoms with Gasteiger partial charge in [-0.15, -0.1) is 0 Å². The van der Waals surface area contributed by atoms with Crippen molar-refractivity contribution >= 4 is 37.5 Å². The quantitative estimate of drug-likeness (QED) is 0.641. The second-order valence-corrected chi connectivity index (χ2v) is 7.76. The van der Waals surface area contributed by atoms with Gasteiger partial charge < -0.3 is 14.4 Å². The Morgan fingerprint density at radius 1 is 0.840 bits per heavy atom. The normalized spacial score (nSPS) is 15.3. The third-order valence-electron chi connectivity index (χ3n) is 4.49. The molecule has 1 heterocycles. The smallest absolute Gasteiger partial charge is 0.135 e. The summed E-state index contributed by atoms with van der Waals surface area (Å²) in [7, 11) is 3.39. The predicted octanol–water partition coefficient (Wildman–Crippen LogP) is 4.55. The number of benzene rings is 2. The van der Waals surface area contributed by atoms with E-state index in [4.69, 9.17) is 9.47 Å². The Morgan fingerprint density at radius 2 is 1.56 bits per heavy atom.